The average molecular weight is 455 g/mol. The van der Waals surface area contributed by atoms with E-state index in [1.807, 2.05) is 6.07 Å². The highest BCUT2D eigenvalue weighted by molar-refractivity contribution is 7.89. The van der Waals surface area contributed by atoms with Crippen LogP contribution in [0.5, 0.6) is 0 Å². The summed E-state index contributed by atoms with van der Waals surface area (Å²) in [6.45, 7) is 2.85. The molecular weight excluding hydrogens is 432 g/mol. The number of nitrogens with one attached hydrogen (secondary N) is 1. The van der Waals surface area contributed by atoms with E-state index in [-0.39, 0.29) is 41.5 Å². The van der Waals surface area contributed by atoms with Crippen molar-refractivity contribution < 1.29 is 22.4 Å². The maximum absolute atomic E-state index is 13.1. The number of hydrogen-bond acceptors (Lipinski definition) is 6. The molecule has 3 aromatic rings. The molecule has 2 aromatic heterocycles. The third kappa shape index (κ3) is 4.05. The Morgan fingerprint density at radius 1 is 1.16 bits per heavy atom. The van der Waals surface area contributed by atoms with Crippen molar-refractivity contribution in [1.82, 2.24) is 14.2 Å². The van der Waals surface area contributed by atoms with E-state index in [0.717, 1.165) is 0 Å². The Bertz CT molecular complexity index is 1270. The lowest BCUT2D eigenvalue weighted by Gasteiger charge is -2.27. The van der Waals surface area contributed by atoms with Crippen molar-refractivity contribution in [3.63, 3.8) is 0 Å². The van der Waals surface area contributed by atoms with Crippen LogP contribution in [0.1, 0.15) is 27.2 Å². The molecule has 1 N–H and O–H groups in total. The van der Waals surface area contributed by atoms with E-state index >= 15 is 0 Å². The monoisotopic (exact) mass is 454 g/mol. The molecule has 0 radical (unpaired) electrons. The molecule has 1 aromatic carbocycles. The molecule has 32 heavy (non-hydrogen) atoms. The molecule has 0 spiro atoms. The normalized spacial score (nSPS) is 14.8. The molecule has 0 unspecified atom stereocenters. The second-order valence-electron chi connectivity index (χ2n) is 7.22. The minimum atomic E-state index is -3.72. The summed E-state index contributed by atoms with van der Waals surface area (Å²) >= 11 is 0. The SMILES string of the molecule is Cc1oc(-n2cccc2)c(C#N)c1C(=O)NCc1ccccc1S(=O)(=O)N1CCOCC1. The molecule has 0 aliphatic carbocycles. The van der Waals surface area contributed by atoms with E-state index in [2.05, 4.69) is 5.32 Å². The van der Waals surface area contributed by atoms with Gasteiger partial charge in [0, 0.05) is 32.0 Å². The molecule has 9 nitrogen and oxygen atoms in total. The number of aromatic nitrogens is 1. The first-order valence-electron chi connectivity index (χ1n) is 10.0. The highest BCUT2D eigenvalue weighted by Gasteiger charge is 2.29. The summed E-state index contributed by atoms with van der Waals surface area (Å²) in [5, 5.41) is 12.4. The molecule has 1 aliphatic heterocycles. The third-order valence-corrected chi connectivity index (χ3v) is 7.24. The van der Waals surface area contributed by atoms with Crippen molar-refractivity contribution >= 4 is 15.9 Å². The van der Waals surface area contributed by atoms with Crippen molar-refractivity contribution in [3.05, 3.63) is 71.2 Å². The van der Waals surface area contributed by atoms with Crippen LogP contribution in [0.25, 0.3) is 5.88 Å². The second-order valence-corrected chi connectivity index (χ2v) is 9.13. The average Bonchev–Trinajstić information content (AvgIpc) is 3.45. The predicted octanol–water partition coefficient (Wildman–Crippen LogP) is 2.20. The second kappa shape index (κ2) is 9.00. The van der Waals surface area contributed by atoms with Crippen molar-refractivity contribution in [1.29, 1.82) is 5.26 Å². The molecule has 3 heterocycles. The van der Waals surface area contributed by atoms with Crippen molar-refractivity contribution in [3.8, 4) is 12.0 Å². The number of rotatable bonds is 6. The van der Waals surface area contributed by atoms with E-state index in [9.17, 15) is 18.5 Å². The number of morpholine rings is 1. The van der Waals surface area contributed by atoms with Crippen LogP contribution in [0.2, 0.25) is 0 Å². The van der Waals surface area contributed by atoms with Gasteiger partial charge in [-0.2, -0.15) is 9.57 Å². The molecule has 1 amide bonds. The van der Waals surface area contributed by atoms with Crippen LogP contribution in [-0.4, -0.2) is 49.5 Å². The molecule has 166 valence electrons. The zero-order valence-corrected chi connectivity index (χ0v) is 18.3. The largest absolute Gasteiger partial charge is 0.443 e. The summed E-state index contributed by atoms with van der Waals surface area (Å²) in [5.74, 6) is 0.0483. The molecule has 1 saturated heterocycles. The first kappa shape index (κ1) is 21.8. The van der Waals surface area contributed by atoms with Gasteiger partial charge in [-0.1, -0.05) is 18.2 Å². The van der Waals surface area contributed by atoms with Crippen LogP contribution >= 0.6 is 0 Å². The van der Waals surface area contributed by atoms with Gasteiger partial charge >= 0.3 is 0 Å². The molecule has 0 atom stereocenters. The van der Waals surface area contributed by atoms with Crippen LogP contribution in [0, 0.1) is 18.3 Å². The number of nitrogens with zero attached hydrogens (tertiary/aromatic N) is 3. The number of nitriles is 1. The van der Waals surface area contributed by atoms with Gasteiger partial charge in [-0.05, 0) is 30.7 Å². The molecule has 0 saturated carbocycles. The summed E-state index contributed by atoms with van der Waals surface area (Å²) in [4.78, 5) is 13.1. The van der Waals surface area contributed by atoms with Gasteiger partial charge in [0.05, 0.1) is 18.1 Å². The number of carbonyl (C=O) groups is 1. The van der Waals surface area contributed by atoms with Gasteiger partial charge in [-0.3, -0.25) is 9.36 Å². The standard InChI is InChI=1S/C22H22N4O5S/c1-16-20(18(14-23)22(31-16)25-8-4-5-9-25)21(27)24-15-17-6-2-3-7-19(17)32(28,29)26-10-12-30-13-11-26/h2-9H,10-13,15H2,1H3,(H,24,27). The maximum atomic E-state index is 13.1. The fourth-order valence-corrected chi connectivity index (χ4v) is 5.28. The zero-order valence-electron chi connectivity index (χ0n) is 17.4. The lowest BCUT2D eigenvalue weighted by Crippen LogP contribution is -2.41. The summed E-state index contributed by atoms with van der Waals surface area (Å²) in [6.07, 6.45) is 3.43. The minimum Gasteiger partial charge on any atom is -0.443 e. The maximum Gasteiger partial charge on any atom is 0.256 e. The van der Waals surface area contributed by atoms with Gasteiger partial charge in [0.1, 0.15) is 23.0 Å². The quantitative estimate of drug-likeness (QED) is 0.610. The van der Waals surface area contributed by atoms with Gasteiger partial charge in [-0.25, -0.2) is 8.42 Å². The molecular formula is C22H22N4O5S. The zero-order chi connectivity index (χ0) is 22.7. The summed E-state index contributed by atoms with van der Waals surface area (Å²) in [6, 6.07) is 12.2. The number of ether oxygens (including phenoxy) is 1. The van der Waals surface area contributed by atoms with Gasteiger partial charge in [0.2, 0.25) is 15.9 Å². The number of sulfonamides is 1. The molecule has 1 aliphatic rings. The van der Waals surface area contributed by atoms with Crippen LogP contribution in [0.15, 0.2) is 58.1 Å². The van der Waals surface area contributed by atoms with Crippen LogP contribution in [0.4, 0.5) is 0 Å². The van der Waals surface area contributed by atoms with E-state index in [1.54, 1.807) is 54.2 Å². The first-order valence-corrected chi connectivity index (χ1v) is 11.5. The number of carbonyl (C=O) groups excluding carboxylic acids is 1. The van der Waals surface area contributed by atoms with E-state index < -0.39 is 15.9 Å². The van der Waals surface area contributed by atoms with Crippen molar-refractivity contribution in [2.75, 3.05) is 26.3 Å². The Morgan fingerprint density at radius 2 is 1.84 bits per heavy atom. The van der Waals surface area contributed by atoms with E-state index in [4.69, 9.17) is 9.15 Å². The molecule has 1 fully saturated rings. The topological polar surface area (TPSA) is 118 Å². The Hall–Kier alpha value is -3.39. The van der Waals surface area contributed by atoms with Crippen LogP contribution < -0.4 is 5.32 Å². The fraction of sp³-hybridized carbons (Fsp3) is 0.273. The number of aryl methyl sites for hydroxylation is 1. The van der Waals surface area contributed by atoms with Gasteiger partial charge in [-0.15, -0.1) is 0 Å². The number of benzene rings is 1. The van der Waals surface area contributed by atoms with Gasteiger partial charge in [0.15, 0.2) is 0 Å². The first-order chi connectivity index (χ1) is 15.4. The third-order valence-electron chi connectivity index (χ3n) is 5.24. The summed E-state index contributed by atoms with van der Waals surface area (Å²) in [5.41, 5.74) is 0.702. The molecule has 0 bridgehead atoms. The van der Waals surface area contributed by atoms with E-state index in [0.29, 0.717) is 24.5 Å². The van der Waals surface area contributed by atoms with Crippen molar-refractivity contribution in [2.45, 2.75) is 18.4 Å². The number of amides is 1. The minimum absolute atomic E-state index is 0.0209. The highest BCUT2D eigenvalue weighted by Crippen LogP contribution is 2.26. The van der Waals surface area contributed by atoms with Gasteiger partial charge in [0.25, 0.3) is 5.91 Å². The Morgan fingerprint density at radius 3 is 2.53 bits per heavy atom. The summed E-state index contributed by atoms with van der Waals surface area (Å²) < 4.78 is 40.1. The summed E-state index contributed by atoms with van der Waals surface area (Å²) in [7, 11) is -3.72. The Balaban J connectivity index is 1.58. The fourth-order valence-electron chi connectivity index (χ4n) is 3.65. The van der Waals surface area contributed by atoms with Crippen molar-refractivity contribution in [2.24, 2.45) is 0 Å². The lowest BCUT2D eigenvalue weighted by molar-refractivity contribution is 0.0730. The lowest BCUT2D eigenvalue weighted by atomic mass is 10.1. The van der Waals surface area contributed by atoms with E-state index in [1.165, 1.54) is 10.4 Å². The van der Waals surface area contributed by atoms with Gasteiger partial charge < -0.3 is 14.5 Å². The predicted molar refractivity (Wildman–Crippen MR) is 115 cm³/mol. The molecule has 4 rings (SSSR count). The number of hydrogen-bond donors (Lipinski definition) is 1. The van der Waals surface area contributed by atoms with Crippen LogP contribution in [-0.2, 0) is 21.3 Å². The molecule has 10 heteroatoms. The smallest absolute Gasteiger partial charge is 0.256 e. The Kier molecular flexibility index (Phi) is 6.14. The highest BCUT2D eigenvalue weighted by atomic mass is 32.2. The van der Waals surface area contributed by atoms with Crippen LogP contribution in [0.3, 0.4) is 0 Å². The Labute approximate surface area is 185 Å². The number of furan rings is 1.